The molecule has 8 nitrogen and oxygen atoms in total. The van der Waals surface area contributed by atoms with Crippen molar-refractivity contribution in [3.8, 4) is 0 Å². The van der Waals surface area contributed by atoms with Crippen LogP contribution in [0.1, 0.15) is 25.2 Å². The fraction of sp³-hybridized carbons (Fsp3) is 0.368. The molecule has 0 saturated carbocycles. The minimum absolute atomic E-state index is 0. The van der Waals surface area contributed by atoms with Gasteiger partial charge in [-0.1, -0.05) is 12.1 Å². The van der Waals surface area contributed by atoms with Gasteiger partial charge in [0.05, 0.1) is 26.5 Å². The number of hydrogen-bond donors (Lipinski definition) is 4. The van der Waals surface area contributed by atoms with Gasteiger partial charge in [0.25, 0.3) is 0 Å². The van der Waals surface area contributed by atoms with Gasteiger partial charge in [-0.15, -0.1) is 24.0 Å². The Balaban J connectivity index is 0.00000392. The number of ether oxygens (including phenoxy) is 1. The fourth-order valence-electron chi connectivity index (χ4n) is 2.30. The van der Waals surface area contributed by atoms with Gasteiger partial charge in [0.1, 0.15) is 11.4 Å². The van der Waals surface area contributed by atoms with Crippen molar-refractivity contribution >= 4 is 41.7 Å². The molecule has 9 heteroatoms. The summed E-state index contributed by atoms with van der Waals surface area (Å²) in [6.07, 6.45) is 1.02. The third-order valence-corrected chi connectivity index (χ3v) is 3.80. The van der Waals surface area contributed by atoms with Gasteiger partial charge in [0.2, 0.25) is 0 Å². The van der Waals surface area contributed by atoms with E-state index in [2.05, 4.69) is 25.7 Å². The van der Waals surface area contributed by atoms with Gasteiger partial charge >= 0.3 is 6.09 Å². The maximum absolute atomic E-state index is 11.2. The molecule has 0 spiro atoms. The molecular formula is C19H27IN4O4. The van der Waals surface area contributed by atoms with Gasteiger partial charge in [0, 0.05) is 12.2 Å². The molecule has 0 aliphatic carbocycles. The Morgan fingerprint density at radius 2 is 1.96 bits per heavy atom. The number of rotatable bonds is 7. The Hall–Kier alpha value is -2.27. The number of methoxy groups -OCH3 is 1. The first kappa shape index (κ1) is 23.8. The summed E-state index contributed by atoms with van der Waals surface area (Å²) in [6.45, 7) is 5.02. The second-order valence-electron chi connectivity index (χ2n) is 6.11. The molecule has 2 aromatic rings. The van der Waals surface area contributed by atoms with Crippen LogP contribution in [0.2, 0.25) is 0 Å². The maximum Gasteiger partial charge on any atom is 0.411 e. The zero-order valence-electron chi connectivity index (χ0n) is 16.2. The fourth-order valence-corrected chi connectivity index (χ4v) is 2.30. The predicted molar refractivity (Wildman–Crippen MR) is 119 cm³/mol. The van der Waals surface area contributed by atoms with Crippen LogP contribution in [0.3, 0.4) is 0 Å². The number of guanidine groups is 1. The summed E-state index contributed by atoms with van der Waals surface area (Å²) in [5.74, 6) is 1.07. The molecule has 1 unspecified atom stereocenters. The molecule has 154 valence electrons. The molecule has 0 bridgehead atoms. The summed E-state index contributed by atoms with van der Waals surface area (Å²) >= 11 is 0. The van der Waals surface area contributed by atoms with Gasteiger partial charge < -0.3 is 24.9 Å². The van der Waals surface area contributed by atoms with Crippen LogP contribution in [0.5, 0.6) is 0 Å². The Morgan fingerprint density at radius 3 is 2.54 bits per heavy atom. The third-order valence-electron chi connectivity index (χ3n) is 3.80. The monoisotopic (exact) mass is 502 g/mol. The lowest BCUT2D eigenvalue weighted by atomic mass is 10.0. The second-order valence-corrected chi connectivity index (χ2v) is 6.11. The Kier molecular flexibility index (Phi) is 9.80. The van der Waals surface area contributed by atoms with Crippen LogP contribution >= 0.6 is 24.0 Å². The lowest BCUT2D eigenvalue weighted by Crippen LogP contribution is -2.44. The van der Waals surface area contributed by atoms with E-state index in [1.807, 2.05) is 19.1 Å². The molecule has 1 atom stereocenters. The van der Waals surface area contributed by atoms with Crippen LogP contribution in [0.4, 0.5) is 10.5 Å². The molecule has 0 fully saturated rings. The van der Waals surface area contributed by atoms with Crippen molar-refractivity contribution in [2.24, 2.45) is 4.99 Å². The number of aliphatic imine (C=N–C) groups is 1. The largest absolute Gasteiger partial charge is 0.466 e. The number of carbonyl (C=O) groups is 1. The molecule has 0 saturated heterocycles. The second kappa shape index (κ2) is 11.5. The molecule has 2 rings (SSSR count). The number of furan rings is 1. The van der Waals surface area contributed by atoms with Crippen molar-refractivity contribution in [1.82, 2.24) is 10.6 Å². The summed E-state index contributed by atoms with van der Waals surface area (Å²) in [4.78, 5) is 15.7. The number of hydrogen-bond acceptors (Lipinski definition) is 5. The molecule has 1 amide bonds. The van der Waals surface area contributed by atoms with Gasteiger partial charge in [-0.3, -0.25) is 5.32 Å². The highest BCUT2D eigenvalue weighted by Crippen LogP contribution is 2.19. The van der Waals surface area contributed by atoms with Crippen LogP contribution in [0.15, 0.2) is 52.1 Å². The van der Waals surface area contributed by atoms with Gasteiger partial charge in [-0.25, -0.2) is 9.79 Å². The summed E-state index contributed by atoms with van der Waals surface area (Å²) in [6, 6.07) is 10.8. The van der Waals surface area contributed by atoms with E-state index in [4.69, 9.17) is 4.42 Å². The van der Waals surface area contributed by atoms with Crippen LogP contribution < -0.4 is 16.0 Å². The molecule has 4 N–H and O–H groups in total. The smallest absolute Gasteiger partial charge is 0.411 e. The molecule has 28 heavy (non-hydrogen) atoms. The summed E-state index contributed by atoms with van der Waals surface area (Å²) in [5, 5.41) is 19.4. The van der Waals surface area contributed by atoms with Crippen LogP contribution in [-0.2, 0) is 16.9 Å². The molecular weight excluding hydrogens is 475 g/mol. The number of anilines is 1. The minimum atomic E-state index is -1.15. The highest BCUT2D eigenvalue weighted by molar-refractivity contribution is 14.0. The minimum Gasteiger partial charge on any atom is -0.466 e. The number of halogens is 1. The normalized spacial score (nSPS) is 13.1. The molecule has 0 radical (unpaired) electrons. The summed E-state index contributed by atoms with van der Waals surface area (Å²) < 4.78 is 9.83. The van der Waals surface area contributed by atoms with Crippen molar-refractivity contribution in [3.63, 3.8) is 0 Å². The Morgan fingerprint density at radius 1 is 1.25 bits per heavy atom. The number of nitrogens with one attached hydrogen (secondary N) is 3. The van der Waals surface area contributed by atoms with Crippen LogP contribution in [-0.4, -0.2) is 37.4 Å². The van der Waals surface area contributed by atoms with Crippen molar-refractivity contribution in [2.45, 2.75) is 26.0 Å². The van der Waals surface area contributed by atoms with E-state index in [9.17, 15) is 9.90 Å². The molecule has 1 heterocycles. The molecule has 1 aromatic heterocycles. The Bertz CT molecular complexity index is 746. The van der Waals surface area contributed by atoms with Crippen LogP contribution in [0.25, 0.3) is 0 Å². The van der Waals surface area contributed by atoms with Crippen molar-refractivity contribution < 1.29 is 19.1 Å². The van der Waals surface area contributed by atoms with Crippen LogP contribution in [0, 0.1) is 0 Å². The van der Waals surface area contributed by atoms with E-state index in [1.54, 1.807) is 31.2 Å². The lowest BCUT2D eigenvalue weighted by molar-refractivity contribution is 0.0386. The average molecular weight is 502 g/mol. The van der Waals surface area contributed by atoms with Crippen molar-refractivity contribution in [1.29, 1.82) is 0 Å². The SMILES string of the molecule is CCNC(=NCc1ccc(NC(=O)OC)cc1)NCC(C)(O)c1ccco1.I. The van der Waals surface area contributed by atoms with E-state index in [-0.39, 0.29) is 30.5 Å². The number of benzene rings is 1. The number of amides is 1. The van der Waals surface area contributed by atoms with Gasteiger partial charge in [-0.05, 0) is 43.7 Å². The van der Waals surface area contributed by atoms with Gasteiger partial charge in [-0.2, -0.15) is 0 Å². The molecule has 0 aliphatic heterocycles. The van der Waals surface area contributed by atoms with E-state index in [0.29, 0.717) is 30.5 Å². The Labute approximate surface area is 181 Å². The first-order chi connectivity index (χ1) is 12.9. The van der Waals surface area contributed by atoms with Crippen molar-refractivity contribution in [2.75, 3.05) is 25.5 Å². The number of carbonyl (C=O) groups excluding carboxylic acids is 1. The summed E-state index contributed by atoms with van der Waals surface area (Å²) in [7, 11) is 1.32. The van der Waals surface area contributed by atoms with E-state index >= 15 is 0 Å². The van der Waals surface area contributed by atoms with E-state index in [0.717, 1.165) is 5.56 Å². The third kappa shape index (κ3) is 7.39. The zero-order valence-corrected chi connectivity index (χ0v) is 18.5. The predicted octanol–water partition coefficient (Wildman–Crippen LogP) is 3.04. The maximum atomic E-state index is 11.2. The quantitative estimate of drug-likeness (QED) is 0.264. The highest BCUT2D eigenvalue weighted by Gasteiger charge is 2.26. The van der Waals surface area contributed by atoms with Crippen molar-refractivity contribution in [3.05, 3.63) is 54.0 Å². The lowest BCUT2D eigenvalue weighted by Gasteiger charge is -2.22. The zero-order chi connectivity index (χ0) is 19.7. The number of aliphatic hydroxyl groups is 1. The first-order valence-electron chi connectivity index (χ1n) is 8.67. The molecule has 0 aliphatic rings. The average Bonchev–Trinajstić information content (AvgIpc) is 3.21. The topological polar surface area (TPSA) is 108 Å². The first-order valence-corrected chi connectivity index (χ1v) is 8.67. The van der Waals surface area contributed by atoms with E-state index < -0.39 is 11.7 Å². The highest BCUT2D eigenvalue weighted by atomic mass is 127. The van der Waals surface area contributed by atoms with E-state index in [1.165, 1.54) is 13.4 Å². The van der Waals surface area contributed by atoms with Gasteiger partial charge in [0.15, 0.2) is 5.96 Å². The standard InChI is InChI=1S/C19H26N4O4.HI/c1-4-20-17(22-13-19(2,25)16-6-5-11-27-16)21-12-14-7-9-15(10-8-14)23-18(24)26-3;/h5-11,25H,4,12-13H2,1-3H3,(H,23,24)(H2,20,21,22);1H. The number of nitrogens with zero attached hydrogens (tertiary/aromatic N) is 1. The molecule has 1 aromatic carbocycles. The summed E-state index contributed by atoms with van der Waals surface area (Å²) in [5.41, 5.74) is 0.468.